The summed E-state index contributed by atoms with van der Waals surface area (Å²) in [5, 5.41) is 6.15. The molecule has 0 unspecified atom stereocenters. The van der Waals surface area contributed by atoms with Gasteiger partial charge in [-0.2, -0.15) is 0 Å². The van der Waals surface area contributed by atoms with Crippen molar-refractivity contribution in [2.45, 2.75) is 78.4 Å². The Morgan fingerprint density at radius 1 is 1.10 bits per heavy atom. The molecule has 0 bridgehead atoms. The molecule has 172 valence electrons. The number of aliphatic imine (C=N–C) groups is 1. The maximum Gasteiger partial charge on any atom is 0.410 e. The second-order valence-corrected chi connectivity index (χ2v) is 9.31. The van der Waals surface area contributed by atoms with Crippen molar-refractivity contribution in [3.05, 3.63) is 0 Å². The summed E-state index contributed by atoms with van der Waals surface area (Å²) in [6.45, 7) is 13.8. The van der Waals surface area contributed by atoms with Gasteiger partial charge in [0, 0.05) is 38.8 Å². The number of amides is 2. The van der Waals surface area contributed by atoms with Gasteiger partial charge in [-0.25, -0.2) is 9.79 Å². The summed E-state index contributed by atoms with van der Waals surface area (Å²) in [5.74, 6) is 1.34. The Bertz CT molecular complexity index is 590. The first kappa shape index (κ1) is 24.3. The highest BCUT2D eigenvalue weighted by atomic mass is 16.6. The number of likely N-dealkylation sites (tertiary alicyclic amines) is 1. The van der Waals surface area contributed by atoms with E-state index in [2.05, 4.69) is 20.5 Å². The lowest BCUT2D eigenvalue weighted by Crippen LogP contribution is -2.52. The number of hydrogen-bond acceptors (Lipinski definition) is 4. The average Bonchev–Trinajstić information content (AvgIpc) is 3.51. The molecule has 1 aliphatic heterocycles. The zero-order valence-corrected chi connectivity index (χ0v) is 19.5. The molecule has 0 aromatic carbocycles. The van der Waals surface area contributed by atoms with Crippen LogP contribution in [0, 0.1) is 5.92 Å². The van der Waals surface area contributed by atoms with Crippen molar-refractivity contribution in [2.24, 2.45) is 10.9 Å². The van der Waals surface area contributed by atoms with Crippen molar-refractivity contribution in [1.82, 2.24) is 20.4 Å². The fraction of sp³-hybridized carbons (Fsp3) is 0.864. The molecule has 8 nitrogen and oxygen atoms in total. The molecule has 1 aliphatic carbocycles. The largest absolute Gasteiger partial charge is 0.444 e. The van der Waals surface area contributed by atoms with E-state index in [4.69, 9.17) is 4.74 Å². The molecule has 0 aromatic rings. The number of hydrogen-bond donors (Lipinski definition) is 2. The Hall–Kier alpha value is -1.99. The van der Waals surface area contributed by atoms with Crippen LogP contribution in [0.3, 0.4) is 0 Å². The van der Waals surface area contributed by atoms with Crippen molar-refractivity contribution in [3.8, 4) is 0 Å². The second-order valence-electron chi connectivity index (χ2n) is 9.31. The number of ether oxygens (including phenoxy) is 1. The van der Waals surface area contributed by atoms with Crippen LogP contribution < -0.4 is 10.6 Å². The molecule has 2 aliphatic rings. The minimum absolute atomic E-state index is 0.0531. The monoisotopic (exact) mass is 423 g/mol. The summed E-state index contributed by atoms with van der Waals surface area (Å²) >= 11 is 0. The number of nitrogens with one attached hydrogen (secondary N) is 2. The van der Waals surface area contributed by atoms with Crippen LogP contribution in [-0.4, -0.2) is 78.7 Å². The molecule has 2 N–H and O–H groups in total. The van der Waals surface area contributed by atoms with E-state index in [-0.39, 0.29) is 24.6 Å². The summed E-state index contributed by atoms with van der Waals surface area (Å²) < 4.78 is 5.68. The lowest BCUT2D eigenvalue weighted by molar-refractivity contribution is -0.119. The summed E-state index contributed by atoms with van der Waals surface area (Å²) in [7, 11) is 0. The van der Waals surface area contributed by atoms with Crippen molar-refractivity contribution in [1.29, 1.82) is 0 Å². The summed E-state index contributed by atoms with van der Waals surface area (Å²) in [5.41, 5.74) is -0.483. The van der Waals surface area contributed by atoms with Crippen molar-refractivity contribution >= 4 is 18.0 Å². The molecule has 0 radical (unpaired) electrons. The number of guanidine groups is 1. The Balaban J connectivity index is 1.94. The van der Waals surface area contributed by atoms with Gasteiger partial charge in [0.1, 0.15) is 12.1 Å². The summed E-state index contributed by atoms with van der Waals surface area (Å²) in [6.07, 6.45) is 4.88. The molecule has 8 heteroatoms. The van der Waals surface area contributed by atoms with Gasteiger partial charge in [-0.1, -0.05) is 6.92 Å². The van der Waals surface area contributed by atoms with E-state index in [9.17, 15) is 9.59 Å². The van der Waals surface area contributed by atoms with Crippen LogP contribution >= 0.6 is 0 Å². The minimum Gasteiger partial charge on any atom is -0.444 e. The Labute approximate surface area is 181 Å². The third-order valence-electron chi connectivity index (χ3n) is 5.26. The first-order chi connectivity index (χ1) is 14.2. The molecular weight excluding hydrogens is 382 g/mol. The van der Waals surface area contributed by atoms with Gasteiger partial charge in [0.25, 0.3) is 0 Å². The Morgan fingerprint density at radius 3 is 2.30 bits per heavy atom. The highest BCUT2D eigenvalue weighted by Gasteiger charge is 2.35. The van der Waals surface area contributed by atoms with Gasteiger partial charge in [0.15, 0.2) is 5.96 Å². The third kappa shape index (κ3) is 8.40. The molecular formula is C22H41N5O3. The average molecular weight is 424 g/mol. The molecule has 1 heterocycles. The van der Waals surface area contributed by atoms with Gasteiger partial charge in [-0.15, -0.1) is 0 Å². The molecule has 0 spiro atoms. The maximum atomic E-state index is 12.8. The van der Waals surface area contributed by atoms with E-state index >= 15 is 0 Å². The van der Waals surface area contributed by atoms with Crippen molar-refractivity contribution < 1.29 is 14.3 Å². The number of piperidine rings is 1. The summed E-state index contributed by atoms with van der Waals surface area (Å²) in [6, 6.07) is 0.187. The molecule has 1 saturated heterocycles. The van der Waals surface area contributed by atoms with E-state index in [1.807, 2.05) is 39.5 Å². The molecule has 30 heavy (non-hydrogen) atoms. The molecule has 2 fully saturated rings. The van der Waals surface area contributed by atoms with E-state index in [0.717, 1.165) is 51.4 Å². The van der Waals surface area contributed by atoms with Gasteiger partial charge in [0.2, 0.25) is 5.91 Å². The van der Waals surface area contributed by atoms with E-state index < -0.39 is 5.60 Å². The fourth-order valence-corrected chi connectivity index (χ4v) is 3.55. The molecule has 2 amide bonds. The fourth-order valence-electron chi connectivity index (χ4n) is 3.55. The van der Waals surface area contributed by atoms with Gasteiger partial charge in [-0.3, -0.25) is 4.79 Å². The predicted molar refractivity (Wildman–Crippen MR) is 120 cm³/mol. The SMILES string of the molecule is CCCNC(=O)CN=C(NCC)N1CCC(N(CC2CC2)C(=O)OC(C)(C)C)CC1. The quantitative estimate of drug-likeness (QED) is 0.463. The smallest absolute Gasteiger partial charge is 0.410 e. The molecule has 0 atom stereocenters. The van der Waals surface area contributed by atoms with Crippen molar-refractivity contribution in [3.63, 3.8) is 0 Å². The second kappa shape index (κ2) is 11.4. The Morgan fingerprint density at radius 2 is 1.77 bits per heavy atom. The highest BCUT2D eigenvalue weighted by Crippen LogP contribution is 2.32. The molecule has 0 aromatic heterocycles. The lowest BCUT2D eigenvalue weighted by Gasteiger charge is -2.40. The summed E-state index contributed by atoms with van der Waals surface area (Å²) in [4.78, 5) is 33.4. The third-order valence-corrected chi connectivity index (χ3v) is 5.26. The number of nitrogens with zero attached hydrogens (tertiary/aromatic N) is 3. The van der Waals surface area contributed by atoms with Crippen LogP contribution in [0.15, 0.2) is 4.99 Å². The number of rotatable bonds is 8. The van der Waals surface area contributed by atoms with Crippen LogP contribution in [0.25, 0.3) is 0 Å². The zero-order valence-electron chi connectivity index (χ0n) is 19.5. The van der Waals surface area contributed by atoms with E-state index in [0.29, 0.717) is 12.5 Å². The number of carbonyl (C=O) groups excluding carboxylic acids is 2. The minimum atomic E-state index is -0.483. The first-order valence-corrected chi connectivity index (χ1v) is 11.5. The van der Waals surface area contributed by atoms with Crippen LogP contribution in [0.2, 0.25) is 0 Å². The Kier molecular flexibility index (Phi) is 9.24. The normalized spacial score (nSPS) is 18.2. The standard InChI is InChI=1S/C22H41N5O3/c1-6-12-24-19(28)15-25-20(23-7-2)26-13-10-18(11-14-26)27(16-17-8-9-17)21(29)30-22(3,4)5/h17-18H,6-16H2,1-5H3,(H,23,25)(H,24,28). The first-order valence-electron chi connectivity index (χ1n) is 11.5. The van der Waals surface area contributed by atoms with E-state index in [1.54, 1.807) is 0 Å². The number of carbonyl (C=O) groups is 2. The molecule has 2 rings (SSSR count). The van der Waals surface area contributed by atoms with Crippen LogP contribution in [0.4, 0.5) is 4.79 Å². The predicted octanol–water partition coefficient (Wildman–Crippen LogP) is 2.59. The van der Waals surface area contributed by atoms with Gasteiger partial charge < -0.3 is 25.2 Å². The van der Waals surface area contributed by atoms with E-state index in [1.165, 1.54) is 12.8 Å². The zero-order chi connectivity index (χ0) is 22.1. The van der Waals surface area contributed by atoms with Gasteiger partial charge in [-0.05, 0) is 65.7 Å². The maximum absolute atomic E-state index is 12.8. The topological polar surface area (TPSA) is 86.3 Å². The van der Waals surface area contributed by atoms with Gasteiger partial charge in [0.05, 0.1) is 0 Å². The van der Waals surface area contributed by atoms with Crippen LogP contribution in [0.5, 0.6) is 0 Å². The lowest BCUT2D eigenvalue weighted by atomic mass is 10.0. The van der Waals surface area contributed by atoms with Gasteiger partial charge >= 0.3 is 6.09 Å². The molecule has 1 saturated carbocycles. The van der Waals surface area contributed by atoms with Crippen LogP contribution in [0.1, 0.15) is 66.7 Å². The highest BCUT2D eigenvalue weighted by molar-refractivity contribution is 5.85. The van der Waals surface area contributed by atoms with Crippen LogP contribution in [-0.2, 0) is 9.53 Å². The van der Waals surface area contributed by atoms with Crippen molar-refractivity contribution in [2.75, 3.05) is 39.3 Å².